The third-order valence-electron chi connectivity index (χ3n) is 2.62. The predicted molar refractivity (Wildman–Crippen MR) is 59.1 cm³/mol. The van der Waals surface area contributed by atoms with E-state index in [2.05, 4.69) is 6.58 Å². The molecule has 23 heavy (non-hydrogen) atoms. The summed E-state index contributed by atoms with van der Waals surface area (Å²) in [5.41, 5.74) is -3.24. The first kappa shape index (κ1) is 19.3. The van der Waals surface area contributed by atoms with Crippen molar-refractivity contribution in [2.75, 3.05) is 5.75 Å². The van der Waals surface area contributed by atoms with Crippen LogP contribution in [0.4, 0.5) is 39.5 Å². The molecule has 130 valence electrons. The number of halogens is 9. The van der Waals surface area contributed by atoms with Gasteiger partial charge < -0.3 is 0 Å². The maximum Gasteiger partial charge on any atom is 0.411 e. The van der Waals surface area contributed by atoms with E-state index in [-0.39, 0.29) is 6.08 Å². The predicted octanol–water partition coefficient (Wildman–Crippen LogP) is 3.67. The highest BCUT2D eigenvalue weighted by Gasteiger charge is 2.68. The highest BCUT2D eigenvalue weighted by molar-refractivity contribution is 7.92. The van der Waals surface area contributed by atoms with Gasteiger partial charge in [-0.15, -0.1) is 6.58 Å². The van der Waals surface area contributed by atoms with Gasteiger partial charge in [0.2, 0.25) is 15.7 Å². The Hall–Kier alpha value is -1.72. The van der Waals surface area contributed by atoms with Gasteiger partial charge in [-0.3, -0.25) is 0 Å². The quantitative estimate of drug-likeness (QED) is 0.342. The van der Waals surface area contributed by atoms with Crippen LogP contribution in [0.1, 0.15) is 5.56 Å². The number of rotatable bonds is 5. The zero-order chi connectivity index (χ0) is 18.4. The van der Waals surface area contributed by atoms with Crippen LogP contribution in [0.5, 0.6) is 0 Å². The monoisotopic (exact) mass is 372 g/mol. The van der Waals surface area contributed by atoms with Crippen LogP contribution in [0.25, 0.3) is 0 Å². The van der Waals surface area contributed by atoms with E-state index in [1.807, 2.05) is 0 Å². The molecule has 0 aromatic heterocycles. The molecule has 0 bridgehead atoms. The zero-order valence-electron chi connectivity index (χ0n) is 10.6. The van der Waals surface area contributed by atoms with E-state index >= 15 is 0 Å². The van der Waals surface area contributed by atoms with Crippen LogP contribution >= 0.6 is 0 Å². The molecular formula is C11H5F9O2S. The second-order valence-corrected chi connectivity index (χ2v) is 6.18. The van der Waals surface area contributed by atoms with Gasteiger partial charge in [-0.05, 0) is 0 Å². The SMILES string of the molecule is C=CCS(=O)(=O)C(F)(F)C(F)(F)c1c(F)c(F)c(F)c(F)c1F. The molecule has 0 fully saturated rings. The van der Waals surface area contributed by atoms with Crippen molar-refractivity contribution in [2.24, 2.45) is 0 Å². The molecule has 1 aromatic carbocycles. The van der Waals surface area contributed by atoms with Gasteiger partial charge >= 0.3 is 11.2 Å². The molecule has 1 aromatic rings. The van der Waals surface area contributed by atoms with Crippen LogP contribution in [0.3, 0.4) is 0 Å². The van der Waals surface area contributed by atoms with Crippen LogP contribution in [-0.2, 0) is 15.8 Å². The molecule has 0 aliphatic heterocycles. The molecule has 0 saturated carbocycles. The first-order valence-corrected chi connectivity index (χ1v) is 7.00. The van der Waals surface area contributed by atoms with Crippen molar-refractivity contribution in [3.05, 3.63) is 47.3 Å². The van der Waals surface area contributed by atoms with E-state index in [4.69, 9.17) is 0 Å². The topological polar surface area (TPSA) is 34.1 Å². The molecule has 0 saturated heterocycles. The van der Waals surface area contributed by atoms with E-state index in [1.54, 1.807) is 0 Å². The molecule has 0 unspecified atom stereocenters. The van der Waals surface area contributed by atoms with Gasteiger partial charge in [0, 0.05) is 0 Å². The van der Waals surface area contributed by atoms with E-state index in [9.17, 15) is 47.9 Å². The molecule has 0 heterocycles. The minimum absolute atomic E-state index is 0.276. The Balaban J connectivity index is 3.79. The molecule has 2 nitrogen and oxygen atoms in total. The average molecular weight is 372 g/mol. The Bertz CT molecular complexity index is 726. The Kier molecular flexibility index (Phi) is 4.81. The summed E-state index contributed by atoms with van der Waals surface area (Å²) in [5.74, 6) is -23.2. The summed E-state index contributed by atoms with van der Waals surface area (Å²) in [5, 5.41) is -6.16. The summed E-state index contributed by atoms with van der Waals surface area (Å²) in [4.78, 5) is 0. The van der Waals surface area contributed by atoms with Crippen LogP contribution in [0.2, 0.25) is 0 Å². The zero-order valence-corrected chi connectivity index (χ0v) is 11.4. The van der Waals surface area contributed by atoms with E-state index in [0.29, 0.717) is 0 Å². The average Bonchev–Trinajstić information content (AvgIpc) is 2.42. The Morgan fingerprint density at radius 2 is 1.17 bits per heavy atom. The second kappa shape index (κ2) is 5.73. The molecule has 0 atom stereocenters. The minimum atomic E-state index is -6.24. The molecular weight excluding hydrogens is 367 g/mol. The van der Waals surface area contributed by atoms with Crippen molar-refractivity contribution in [1.82, 2.24) is 0 Å². The molecule has 0 N–H and O–H groups in total. The molecule has 12 heteroatoms. The van der Waals surface area contributed by atoms with Gasteiger partial charge in [0.15, 0.2) is 23.3 Å². The summed E-state index contributed by atoms with van der Waals surface area (Å²) in [6, 6.07) is 0. The van der Waals surface area contributed by atoms with Crippen molar-refractivity contribution < 1.29 is 47.9 Å². The lowest BCUT2D eigenvalue weighted by Gasteiger charge is -2.27. The summed E-state index contributed by atoms with van der Waals surface area (Å²) in [6.45, 7) is 2.71. The number of alkyl halides is 4. The Morgan fingerprint density at radius 1 is 0.826 bits per heavy atom. The van der Waals surface area contributed by atoms with Crippen molar-refractivity contribution in [3.8, 4) is 0 Å². The summed E-state index contributed by atoms with van der Waals surface area (Å²) in [7, 11) is -6.06. The Morgan fingerprint density at radius 3 is 1.52 bits per heavy atom. The highest BCUT2D eigenvalue weighted by atomic mass is 32.2. The number of hydrogen-bond acceptors (Lipinski definition) is 2. The number of hydrogen-bond donors (Lipinski definition) is 0. The lowest BCUT2D eigenvalue weighted by Crippen LogP contribution is -2.47. The first-order valence-electron chi connectivity index (χ1n) is 5.34. The Labute approximate surface area is 123 Å². The highest BCUT2D eigenvalue weighted by Crippen LogP contribution is 2.49. The van der Waals surface area contributed by atoms with E-state index in [0.717, 1.165) is 0 Å². The fraction of sp³-hybridized carbons (Fsp3) is 0.273. The largest absolute Gasteiger partial charge is 0.411 e. The maximum atomic E-state index is 13.7. The number of benzene rings is 1. The normalized spacial score (nSPS) is 13.3. The summed E-state index contributed by atoms with van der Waals surface area (Å²) in [6.07, 6.45) is 0.276. The smallest absolute Gasteiger partial charge is 0.222 e. The van der Waals surface area contributed by atoms with Gasteiger partial charge in [0.25, 0.3) is 0 Å². The van der Waals surface area contributed by atoms with Crippen molar-refractivity contribution in [1.29, 1.82) is 0 Å². The fourth-order valence-corrected chi connectivity index (χ4v) is 2.49. The van der Waals surface area contributed by atoms with Gasteiger partial charge in [0.1, 0.15) is 5.56 Å². The molecule has 0 aliphatic rings. The molecule has 1 rings (SSSR count). The van der Waals surface area contributed by atoms with Crippen molar-refractivity contribution in [3.63, 3.8) is 0 Å². The van der Waals surface area contributed by atoms with Crippen LogP contribution in [-0.4, -0.2) is 19.4 Å². The van der Waals surface area contributed by atoms with Gasteiger partial charge in [0.05, 0.1) is 5.75 Å². The van der Waals surface area contributed by atoms with Gasteiger partial charge in [-0.1, -0.05) is 6.08 Å². The van der Waals surface area contributed by atoms with Crippen LogP contribution in [0.15, 0.2) is 12.7 Å². The lowest BCUT2D eigenvalue weighted by molar-refractivity contribution is -0.167. The molecule has 0 radical (unpaired) electrons. The van der Waals surface area contributed by atoms with E-state index < -0.39 is 61.4 Å². The molecule has 0 aliphatic carbocycles. The molecule has 0 amide bonds. The third-order valence-corrected chi connectivity index (χ3v) is 4.33. The van der Waals surface area contributed by atoms with Gasteiger partial charge in [-0.2, -0.15) is 17.6 Å². The minimum Gasteiger partial charge on any atom is -0.222 e. The fourth-order valence-electron chi connectivity index (χ4n) is 1.48. The standard InChI is InChI=1S/C11H5F9O2S/c1-2-3-23(21,22)11(19,20)10(17,18)4-5(12)7(14)9(16)8(15)6(4)13/h2H,1,3H2. The summed E-state index contributed by atoms with van der Waals surface area (Å²) < 4.78 is 142. The summed E-state index contributed by atoms with van der Waals surface area (Å²) >= 11 is 0. The van der Waals surface area contributed by atoms with Crippen molar-refractivity contribution in [2.45, 2.75) is 11.2 Å². The maximum absolute atomic E-state index is 13.7. The van der Waals surface area contributed by atoms with Crippen molar-refractivity contribution >= 4 is 9.84 Å². The third kappa shape index (κ3) is 2.68. The second-order valence-electron chi connectivity index (χ2n) is 4.11. The number of sulfone groups is 1. The van der Waals surface area contributed by atoms with Gasteiger partial charge in [-0.25, -0.2) is 30.4 Å². The first-order chi connectivity index (χ1) is 10.2. The van der Waals surface area contributed by atoms with E-state index in [1.165, 1.54) is 0 Å². The molecule has 0 spiro atoms. The lowest BCUT2D eigenvalue weighted by atomic mass is 10.1. The van der Waals surface area contributed by atoms with Crippen LogP contribution < -0.4 is 0 Å². The van der Waals surface area contributed by atoms with Crippen LogP contribution in [0, 0.1) is 29.1 Å².